The van der Waals surface area contributed by atoms with Gasteiger partial charge in [0.2, 0.25) is 0 Å². The predicted molar refractivity (Wildman–Crippen MR) is 77.1 cm³/mol. The first-order chi connectivity index (χ1) is 9.72. The number of carbonyl (C=O) groups is 1. The molecule has 20 heavy (non-hydrogen) atoms. The third-order valence-corrected chi connectivity index (χ3v) is 3.62. The van der Waals surface area contributed by atoms with Gasteiger partial charge in [0.25, 0.3) is 5.91 Å². The normalized spacial score (nSPS) is 18.9. The first-order valence-electron chi connectivity index (χ1n) is 7.06. The van der Waals surface area contributed by atoms with E-state index < -0.39 is 0 Å². The molecule has 2 rings (SSSR count). The Morgan fingerprint density at radius 3 is 3.15 bits per heavy atom. The summed E-state index contributed by atoms with van der Waals surface area (Å²) in [6.07, 6.45) is 4.86. The van der Waals surface area contributed by atoms with E-state index >= 15 is 0 Å². The third-order valence-electron chi connectivity index (χ3n) is 3.62. The van der Waals surface area contributed by atoms with Gasteiger partial charge in [-0.3, -0.25) is 4.79 Å². The summed E-state index contributed by atoms with van der Waals surface area (Å²) in [6, 6.07) is 3.52. The summed E-state index contributed by atoms with van der Waals surface area (Å²) in [5.41, 5.74) is 0.979. The zero-order valence-corrected chi connectivity index (χ0v) is 11.8. The van der Waals surface area contributed by atoms with Crippen molar-refractivity contribution >= 4 is 5.91 Å². The fourth-order valence-electron chi connectivity index (χ4n) is 2.43. The smallest absolute Gasteiger partial charge is 0.273 e. The van der Waals surface area contributed by atoms with Crippen LogP contribution in [0.5, 0.6) is 0 Å². The molecule has 2 heterocycles. The molecule has 0 spiro atoms. The van der Waals surface area contributed by atoms with Crippen molar-refractivity contribution in [3.8, 4) is 11.8 Å². The molecule has 0 saturated carbocycles. The van der Waals surface area contributed by atoms with Gasteiger partial charge in [0.15, 0.2) is 0 Å². The van der Waals surface area contributed by atoms with Crippen LogP contribution in [0.15, 0.2) is 18.3 Å². The number of amides is 1. The van der Waals surface area contributed by atoms with Crippen molar-refractivity contribution in [2.45, 2.75) is 26.2 Å². The number of pyridine rings is 1. The molecule has 1 saturated heterocycles. The molecule has 1 unspecified atom stereocenters. The van der Waals surface area contributed by atoms with E-state index in [-0.39, 0.29) is 12.5 Å². The van der Waals surface area contributed by atoms with E-state index in [1.807, 2.05) is 4.90 Å². The zero-order chi connectivity index (χ0) is 14.4. The summed E-state index contributed by atoms with van der Waals surface area (Å²) in [6.45, 7) is 3.58. The maximum Gasteiger partial charge on any atom is 0.273 e. The van der Waals surface area contributed by atoms with Gasteiger partial charge < -0.3 is 10.0 Å². The summed E-state index contributed by atoms with van der Waals surface area (Å²) in [5, 5.41) is 8.78. The standard InChI is InChI=1S/C16H20N2O2/c1-13-5-3-10-18(11-8-13)16(20)15-14(7-4-12-19)6-2-9-17-15/h2,6,9,13,19H,3,5,8,10-12H2,1H3. The van der Waals surface area contributed by atoms with Gasteiger partial charge in [0.05, 0.1) is 5.56 Å². The van der Waals surface area contributed by atoms with E-state index in [0.29, 0.717) is 17.2 Å². The van der Waals surface area contributed by atoms with E-state index in [2.05, 4.69) is 23.7 Å². The Morgan fingerprint density at radius 2 is 2.35 bits per heavy atom. The SMILES string of the molecule is CC1CCCN(C(=O)c2ncccc2C#CCO)CC1. The summed E-state index contributed by atoms with van der Waals surface area (Å²) in [5.74, 6) is 5.99. The van der Waals surface area contributed by atoms with Crippen molar-refractivity contribution in [3.63, 3.8) is 0 Å². The number of hydrogen-bond donors (Lipinski definition) is 1. The highest BCUT2D eigenvalue weighted by molar-refractivity contribution is 5.94. The second-order valence-corrected chi connectivity index (χ2v) is 5.19. The van der Waals surface area contributed by atoms with Gasteiger partial charge in [-0.25, -0.2) is 4.98 Å². The lowest BCUT2D eigenvalue weighted by Crippen LogP contribution is -2.33. The van der Waals surface area contributed by atoms with Crippen LogP contribution in [0.3, 0.4) is 0 Å². The van der Waals surface area contributed by atoms with Crippen LogP contribution in [0.25, 0.3) is 0 Å². The van der Waals surface area contributed by atoms with Crippen molar-refractivity contribution in [3.05, 3.63) is 29.6 Å². The van der Waals surface area contributed by atoms with Crippen molar-refractivity contribution in [2.24, 2.45) is 5.92 Å². The minimum absolute atomic E-state index is 0.0538. The van der Waals surface area contributed by atoms with Gasteiger partial charge in [-0.1, -0.05) is 18.8 Å². The lowest BCUT2D eigenvalue weighted by atomic mass is 10.0. The molecule has 1 N–H and O–H groups in total. The van der Waals surface area contributed by atoms with Gasteiger partial charge in [-0.05, 0) is 37.3 Å². The number of aromatic nitrogens is 1. The second-order valence-electron chi connectivity index (χ2n) is 5.19. The second kappa shape index (κ2) is 7.06. The van der Waals surface area contributed by atoms with Crippen molar-refractivity contribution < 1.29 is 9.90 Å². The maximum absolute atomic E-state index is 12.6. The average molecular weight is 272 g/mol. The average Bonchev–Trinajstić information content (AvgIpc) is 2.69. The van der Waals surface area contributed by atoms with Crippen LogP contribution in [-0.2, 0) is 0 Å². The van der Waals surface area contributed by atoms with Crippen LogP contribution in [-0.4, -0.2) is 40.6 Å². The number of nitrogens with zero attached hydrogens (tertiary/aromatic N) is 2. The number of rotatable bonds is 1. The van der Waals surface area contributed by atoms with E-state index in [1.54, 1.807) is 18.3 Å². The van der Waals surface area contributed by atoms with E-state index in [4.69, 9.17) is 5.11 Å². The van der Waals surface area contributed by atoms with Crippen LogP contribution in [0.1, 0.15) is 42.2 Å². The summed E-state index contributed by atoms with van der Waals surface area (Å²) >= 11 is 0. The Bertz CT molecular complexity index is 531. The number of aliphatic hydroxyl groups excluding tert-OH is 1. The molecule has 0 bridgehead atoms. The number of carbonyl (C=O) groups excluding carboxylic acids is 1. The topological polar surface area (TPSA) is 53.4 Å². The van der Waals surface area contributed by atoms with Crippen molar-refractivity contribution in [1.82, 2.24) is 9.88 Å². The maximum atomic E-state index is 12.6. The van der Waals surface area contributed by atoms with Gasteiger partial charge in [0, 0.05) is 19.3 Å². The fourth-order valence-corrected chi connectivity index (χ4v) is 2.43. The molecule has 1 amide bonds. The Morgan fingerprint density at radius 1 is 1.50 bits per heavy atom. The Hall–Kier alpha value is -1.86. The first kappa shape index (κ1) is 14.5. The highest BCUT2D eigenvalue weighted by Crippen LogP contribution is 2.18. The Kier molecular flexibility index (Phi) is 5.14. The van der Waals surface area contributed by atoms with Crippen LogP contribution in [0, 0.1) is 17.8 Å². The molecule has 0 aromatic carbocycles. The monoisotopic (exact) mass is 272 g/mol. The van der Waals surface area contributed by atoms with Crippen molar-refractivity contribution in [1.29, 1.82) is 0 Å². The van der Waals surface area contributed by atoms with Crippen LogP contribution in [0.4, 0.5) is 0 Å². The van der Waals surface area contributed by atoms with Gasteiger partial charge in [-0.2, -0.15) is 0 Å². The largest absolute Gasteiger partial charge is 0.384 e. The van der Waals surface area contributed by atoms with Gasteiger partial charge >= 0.3 is 0 Å². The fraction of sp³-hybridized carbons (Fsp3) is 0.500. The Balaban J connectivity index is 2.20. The highest BCUT2D eigenvalue weighted by Gasteiger charge is 2.22. The molecular weight excluding hydrogens is 252 g/mol. The number of hydrogen-bond acceptors (Lipinski definition) is 3. The predicted octanol–water partition coefficient (Wildman–Crippen LogP) is 1.69. The summed E-state index contributed by atoms with van der Waals surface area (Å²) < 4.78 is 0. The number of likely N-dealkylation sites (tertiary alicyclic amines) is 1. The quantitative estimate of drug-likeness (QED) is 0.792. The van der Waals surface area contributed by atoms with Crippen LogP contribution < -0.4 is 0 Å². The third kappa shape index (κ3) is 3.58. The zero-order valence-electron chi connectivity index (χ0n) is 11.8. The van der Waals surface area contributed by atoms with E-state index in [9.17, 15) is 4.79 Å². The lowest BCUT2D eigenvalue weighted by Gasteiger charge is -2.20. The Labute approximate surface area is 119 Å². The molecule has 106 valence electrons. The van der Waals surface area contributed by atoms with E-state index in [1.165, 1.54) is 6.42 Å². The number of aliphatic hydroxyl groups is 1. The molecule has 1 aromatic rings. The van der Waals surface area contributed by atoms with Crippen LogP contribution >= 0.6 is 0 Å². The molecule has 0 radical (unpaired) electrons. The van der Waals surface area contributed by atoms with E-state index in [0.717, 1.165) is 25.9 Å². The lowest BCUT2D eigenvalue weighted by molar-refractivity contribution is 0.0754. The minimum atomic E-state index is -0.218. The van der Waals surface area contributed by atoms with Crippen molar-refractivity contribution in [2.75, 3.05) is 19.7 Å². The first-order valence-corrected chi connectivity index (χ1v) is 7.06. The summed E-state index contributed by atoms with van der Waals surface area (Å²) in [7, 11) is 0. The molecule has 4 heteroatoms. The summed E-state index contributed by atoms with van der Waals surface area (Å²) in [4.78, 5) is 18.6. The molecular formula is C16H20N2O2. The molecule has 1 aromatic heterocycles. The molecule has 1 atom stereocenters. The molecule has 1 aliphatic heterocycles. The molecule has 1 fully saturated rings. The van der Waals surface area contributed by atoms with Gasteiger partial charge in [0.1, 0.15) is 12.3 Å². The molecule has 1 aliphatic rings. The molecule has 0 aliphatic carbocycles. The van der Waals surface area contributed by atoms with Gasteiger partial charge in [-0.15, -0.1) is 0 Å². The highest BCUT2D eigenvalue weighted by atomic mass is 16.2. The molecule has 4 nitrogen and oxygen atoms in total. The van der Waals surface area contributed by atoms with Crippen LogP contribution in [0.2, 0.25) is 0 Å². The minimum Gasteiger partial charge on any atom is -0.384 e.